The van der Waals surface area contributed by atoms with Crippen LogP contribution >= 0.6 is 0 Å². The summed E-state index contributed by atoms with van der Waals surface area (Å²) in [7, 11) is 0. The molecule has 1 aliphatic rings. The Hall–Kier alpha value is -5.60. The summed E-state index contributed by atoms with van der Waals surface area (Å²) in [4.78, 5) is 4.80. The van der Waals surface area contributed by atoms with E-state index in [2.05, 4.69) is 176 Å². The molecule has 0 bridgehead atoms. The van der Waals surface area contributed by atoms with Gasteiger partial charge in [-0.1, -0.05) is 111 Å². The molecule has 7 aromatic carbocycles. The van der Waals surface area contributed by atoms with Crippen LogP contribution in [-0.4, -0.2) is 9.55 Å². The van der Waals surface area contributed by atoms with Crippen LogP contribution in [0.3, 0.4) is 0 Å². The zero-order valence-corrected chi connectivity index (χ0v) is 30.7. The van der Waals surface area contributed by atoms with Crippen molar-refractivity contribution >= 4 is 32.6 Å². The molecule has 3 heterocycles. The summed E-state index contributed by atoms with van der Waals surface area (Å²) in [6.45, 7) is 4.78. The van der Waals surface area contributed by atoms with Gasteiger partial charge in [0.15, 0.2) is 0 Å². The van der Waals surface area contributed by atoms with E-state index < -0.39 is 0 Å². The third-order valence-corrected chi connectivity index (χ3v) is 10.7. The number of fused-ring (bicyclic) bond motifs is 6. The van der Waals surface area contributed by atoms with E-state index >= 15 is 0 Å². The molecular weight excluding hydrogens is 797 g/mol. The van der Waals surface area contributed by atoms with Crippen LogP contribution in [0.2, 0.25) is 0 Å². The van der Waals surface area contributed by atoms with Crippen molar-refractivity contribution in [3.63, 3.8) is 0 Å². The van der Waals surface area contributed by atoms with Gasteiger partial charge in [-0.05, 0) is 97.9 Å². The average molecular weight is 830 g/mol. The van der Waals surface area contributed by atoms with Gasteiger partial charge in [-0.15, -0.1) is 35.4 Å². The number of hydrogen-bond acceptors (Lipinski definition) is 1. The maximum atomic E-state index is 4.80. The molecule has 0 unspecified atom stereocenters. The molecule has 0 saturated carbocycles. The SMILES string of the molecule is CC1(C)c2cc(-c3cc[c-]c(-c4nccc5ccccc45)c3)ccc2-n2c3ccc(-c4ccccc4)cc3c3cc(-c4ccccc4)cc1c32.[Ir]. The van der Waals surface area contributed by atoms with Crippen LogP contribution < -0.4 is 0 Å². The predicted octanol–water partition coefficient (Wildman–Crippen LogP) is 12.4. The van der Waals surface area contributed by atoms with Gasteiger partial charge in [-0.2, -0.15) is 0 Å². The molecule has 51 heavy (non-hydrogen) atoms. The van der Waals surface area contributed by atoms with Crippen molar-refractivity contribution < 1.29 is 20.1 Å². The molecule has 0 saturated heterocycles. The number of nitrogens with zero attached hydrogens (tertiary/aromatic N) is 2. The van der Waals surface area contributed by atoms with E-state index in [1.807, 2.05) is 12.3 Å². The van der Waals surface area contributed by atoms with Crippen LogP contribution in [0.4, 0.5) is 0 Å². The summed E-state index contributed by atoms with van der Waals surface area (Å²) < 4.78 is 2.51. The standard InChI is InChI=1S/C48H33N2.Ir/c1-48(2)42-29-36(34-17-11-18-37(26-34)46-39-19-10-9-16-33(39)24-25-49-46)21-23-45(42)50-44-22-20-35(31-12-5-3-6-13-31)27-40(44)41-28-38(30-43(48)47(41)50)32-14-7-4-8-15-32;/h3-17,19-30H,1-2H3;/q-1;. The molecule has 0 spiro atoms. The van der Waals surface area contributed by atoms with E-state index in [1.54, 1.807) is 0 Å². The first kappa shape index (κ1) is 31.4. The third kappa shape index (κ3) is 4.92. The quantitative estimate of drug-likeness (QED) is 0.162. The van der Waals surface area contributed by atoms with Crippen molar-refractivity contribution in [1.82, 2.24) is 9.55 Å². The first-order valence-electron chi connectivity index (χ1n) is 17.3. The van der Waals surface area contributed by atoms with Crippen LogP contribution in [0.15, 0.2) is 164 Å². The molecule has 0 atom stereocenters. The van der Waals surface area contributed by atoms with Gasteiger partial charge in [0.05, 0.1) is 16.7 Å². The Kier molecular flexibility index (Phi) is 7.40. The van der Waals surface area contributed by atoms with E-state index in [9.17, 15) is 0 Å². The monoisotopic (exact) mass is 830 g/mol. The van der Waals surface area contributed by atoms with Gasteiger partial charge in [0.25, 0.3) is 0 Å². The first-order valence-corrected chi connectivity index (χ1v) is 17.3. The Morgan fingerprint density at radius 1 is 0.529 bits per heavy atom. The Balaban J connectivity index is 0.00000348. The van der Waals surface area contributed by atoms with Crippen molar-refractivity contribution in [3.05, 3.63) is 181 Å². The van der Waals surface area contributed by atoms with Crippen molar-refractivity contribution in [3.8, 4) is 50.3 Å². The van der Waals surface area contributed by atoms with Gasteiger partial charge in [-0.25, -0.2) is 0 Å². The minimum Gasteiger partial charge on any atom is -0.309 e. The molecule has 245 valence electrons. The zero-order chi connectivity index (χ0) is 33.4. The second-order valence-corrected chi connectivity index (χ2v) is 13.9. The van der Waals surface area contributed by atoms with Crippen molar-refractivity contribution in [2.75, 3.05) is 0 Å². The van der Waals surface area contributed by atoms with Crippen molar-refractivity contribution in [2.45, 2.75) is 19.3 Å². The fraction of sp³-hybridized carbons (Fsp3) is 0.0625. The van der Waals surface area contributed by atoms with Crippen molar-refractivity contribution in [2.24, 2.45) is 0 Å². The summed E-state index contributed by atoms with van der Waals surface area (Å²) >= 11 is 0. The molecule has 2 aromatic heterocycles. The molecule has 10 rings (SSSR count). The van der Waals surface area contributed by atoms with Gasteiger partial charge in [0.1, 0.15) is 0 Å². The molecule has 1 aliphatic heterocycles. The second-order valence-electron chi connectivity index (χ2n) is 13.9. The number of aromatic nitrogens is 2. The van der Waals surface area contributed by atoms with Crippen molar-refractivity contribution in [1.29, 1.82) is 0 Å². The first-order chi connectivity index (χ1) is 24.5. The minimum atomic E-state index is -0.248. The van der Waals surface area contributed by atoms with Gasteiger partial charge in [0, 0.05) is 42.5 Å². The molecule has 2 nitrogen and oxygen atoms in total. The maximum absolute atomic E-state index is 4.80. The number of pyridine rings is 1. The van der Waals surface area contributed by atoms with Crippen LogP contribution in [0.5, 0.6) is 0 Å². The van der Waals surface area contributed by atoms with E-state index in [4.69, 9.17) is 4.98 Å². The Morgan fingerprint density at radius 2 is 1.18 bits per heavy atom. The number of rotatable bonds is 4. The number of benzene rings is 7. The second kappa shape index (κ2) is 12.0. The molecular formula is C48H33IrN2-. The summed E-state index contributed by atoms with van der Waals surface area (Å²) in [6, 6.07) is 60.8. The molecule has 0 aliphatic carbocycles. The third-order valence-electron chi connectivity index (χ3n) is 10.7. The molecule has 3 heteroatoms. The van der Waals surface area contributed by atoms with E-state index in [0.717, 1.165) is 22.2 Å². The van der Waals surface area contributed by atoms with Gasteiger partial charge in [0.2, 0.25) is 0 Å². The fourth-order valence-electron chi connectivity index (χ4n) is 8.16. The largest absolute Gasteiger partial charge is 0.309 e. The summed E-state index contributed by atoms with van der Waals surface area (Å²) in [5.74, 6) is 0. The Morgan fingerprint density at radius 3 is 1.98 bits per heavy atom. The van der Waals surface area contributed by atoms with E-state index in [1.165, 1.54) is 71.8 Å². The van der Waals surface area contributed by atoms with E-state index in [0.29, 0.717) is 0 Å². The molecule has 9 aromatic rings. The predicted molar refractivity (Wildman–Crippen MR) is 209 cm³/mol. The van der Waals surface area contributed by atoms with E-state index in [-0.39, 0.29) is 25.5 Å². The number of hydrogen-bond donors (Lipinski definition) is 0. The zero-order valence-electron chi connectivity index (χ0n) is 28.3. The smallest absolute Gasteiger partial charge is 0.0582 e. The Labute approximate surface area is 311 Å². The van der Waals surface area contributed by atoms with Gasteiger partial charge >= 0.3 is 0 Å². The summed E-state index contributed by atoms with van der Waals surface area (Å²) in [5.41, 5.74) is 15.4. The summed E-state index contributed by atoms with van der Waals surface area (Å²) in [6.07, 6.45) is 1.89. The average Bonchev–Trinajstić information content (AvgIpc) is 3.51. The summed E-state index contributed by atoms with van der Waals surface area (Å²) in [5, 5.41) is 4.89. The Bertz CT molecular complexity index is 2770. The van der Waals surface area contributed by atoms with Gasteiger partial charge in [-0.3, -0.25) is 0 Å². The van der Waals surface area contributed by atoms with Gasteiger partial charge < -0.3 is 9.55 Å². The maximum Gasteiger partial charge on any atom is 0.0582 e. The topological polar surface area (TPSA) is 17.8 Å². The van der Waals surface area contributed by atoms with Crippen LogP contribution in [0, 0.1) is 6.07 Å². The van der Waals surface area contributed by atoms with Crippen LogP contribution in [0.25, 0.3) is 82.9 Å². The van der Waals surface area contributed by atoms with Crippen LogP contribution in [-0.2, 0) is 25.5 Å². The minimum absolute atomic E-state index is 0. The molecule has 0 N–H and O–H groups in total. The molecule has 0 amide bonds. The van der Waals surface area contributed by atoms with Crippen LogP contribution in [0.1, 0.15) is 25.0 Å². The normalized spacial score (nSPS) is 12.9. The molecule has 1 radical (unpaired) electrons. The molecule has 0 fully saturated rings. The fourth-order valence-corrected chi connectivity index (χ4v) is 8.16.